The Labute approximate surface area is 52.6 Å². The lowest BCUT2D eigenvalue weighted by Gasteiger charge is -1.96. The van der Waals surface area contributed by atoms with E-state index < -0.39 is 0 Å². The van der Waals surface area contributed by atoms with Gasteiger partial charge in [0, 0.05) is 0 Å². The van der Waals surface area contributed by atoms with Crippen LogP contribution < -0.4 is 0 Å². The molecule has 0 spiro atoms. The molecule has 0 aliphatic heterocycles. The molecule has 1 atom stereocenters. The van der Waals surface area contributed by atoms with Gasteiger partial charge in [0.25, 0.3) is 0 Å². The molecule has 0 aliphatic rings. The number of hydrogen-bond donors (Lipinski definition) is 0. The molecule has 1 radical (unpaired) electrons. The summed E-state index contributed by atoms with van der Waals surface area (Å²) in [6, 6.07) is 0. The van der Waals surface area contributed by atoms with Crippen LogP contribution >= 0.6 is 0 Å². The molecule has 0 rings (SSSR count). The molecular weight excluding hydrogens is 96.1 g/mol. The molecular formula is C8H15. The molecule has 0 saturated heterocycles. The first-order valence-corrected chi connectivity index (χ1v) is 3.38. The molecule has 0 amide bonds. The van der Waals surface area contributed by atoms with Crippen LogP contribution in [0.25, 0.3) is 0 Å². The van der Waals surface area contributed by atoms with Crippen molar-refractivity contribution in [3.63, 3.8) is 0 Å². The lowest BCUT2D eigenvalue weighted by atomic mass is 10.1. The van der Waals surface area contributed by atoms with Crippen molar-refractivity contribution in [1.29, 1.82) is 0 Å². The quantitative estimate of drug-likeness (QED) is 0.525. The van der Waals surface area contributed by atoms with Gasteiger partial charge in [0.05, 0.1) is 0 Å². The molecule has 0 fully saturated rings. The highest BCUT2D eigenvalue weighted by Crippen LogP contribution is 2.01. The van der Waals surface area contributed by atoms with Gasteiger partial charge in [-0.1, -0.05) is 33.3 Å². The molecule has 0 aliphatic carbocycles. The Bertz CT molecular complexity index is 62.4. The first kappa shape index (κ1) is 7.74. The Morgan fingerprint density at radius 2 is 2.12 bits per heavy atom. The van der Waals surface area contributed by atoms with Crippen LogP contribution in [0, 0.1) is 12.0 Å². The standard InChI is InChI=1S/C8H15/c1-4-6-7-8(3)5-2/h7-8H,4-5H2,1-3H3. The van der Waals surface area contributed by atoms with Crippen LogP contribution in [0.5, 0.6) is 0 Å². The molecule has 0 nitrogen and oxygen atoms in total. The van der Waals surface area contributed by atoms with Crippen molar-refractivity contribution < 1.29 is 0 Å². The summed E-state index contributed by atoms with van der Waals surface area (Å²) in [5.41, 5.74) is 0. The smallest absolute Gasteiger partial charge is 0.0259 e. The average Bonchev–Trinajstić information content (AvgIpc) is 1.83. The zero-order valence-corrected chi connectivity index (χ0v) is 6.07. The molecule has 0 heterocycles. The highest BCUT2D eigenvalue weighted by atomic mass is 13.9. The van der Waals surface area contributed by atoms with Crippen LogP contribution in [0.1, 0.15) is 33.6 Å². The Kier molecular flexibility index (Phi) is 4.73. The summed E-state index contributed by atoms with van der Waals surface area (Å²) in [5.74, 6) is 0.718. The van der Waals surface area contributed by atoms with Crippen LogP contribution in [-0.2, 0) is 0 Å². The van der Waals surface area contributed by atoms with Crippen molar-refractivity contribution in [2.45, 2.75) is 33.6 Å². The number of hydrogen-bond acceptors (Lipinski definition) is 0. The largest absolute Gasteiger partial charge is 0.0782 e. The van der Waals surface area contributed by atoms with Gasteiger partial charge in [0.1, 0.15) is 0 Å². The van der Waals surface area contributed by atoms with E-state index in [2.05, 4.69) is 32.9 Å². The van der Waals surface area contributed by atoms with Gasteiger partial charge in [-0.3, -0.25) is 0 Å². The van der Waals surface area contributed by atoms with Crippen molar-refractivity contribution in [2.24, 2.45) is 5.92 Å². The third kappa shape index (κ3) is 3.91. The Morgan fingerprint density at radius 3 is 2.50 bits per heavy atom. The predicted molar refractivity (Wildman–Crippen MR) is 37.6 cm³/mol. The third-order valence-electron chi connectivity index (χ3n) is 1.25. The zero-order valence-electron chi connectivity index (χ0n) is 6.07. The molecule has 0 heteroatoms. The summed E-state index contributed by atoms with van der Waals surface area (Å²) in [6.07, 6.45) is 7.60. The maximum absolute atomic E-state index is 3.17. The van der Waals surface area contributed by atoms with E-state index in [0.717, 1.165) is 12.3 Å². The summed E-state index contributed by atoms with van der Waals surface area (Å²) >= 11 is 0. The Balaban J connectivity index is 3.21. The topological polar surface area (TPSA) is 0 Å². The van der Waals surface area contributed by atoms with E-state index in [0.29, 0.717) is 0 Å². The monoisotopic (exact) mass is 111 g/mol. The maximum Gasteiger partial charge on any atom is -0.0259 e. The van der Waals surface area contributed by atoms with Crippen molar-refractivity contribution in [3.8, 4) is 0 Å². The molecule has 8 heavy (non-hydrogen) atoms. The molecule has 0 N–H and O–H groups in total. The second-order valence-corrected chi connectivity index (χ2v) is 2.11. The van der Waals surface area contributed by atoms with E-state index in [9.17, 15) is 0 Å². The number of allylic oxidation sites excluding steroid dienone is 2. The molecule has 0 bridgehead atoms. The van der Waals surface area contributed by atoms with Crippen molar-refractivity contribution in [2.75, 3.05) is 0 Å². The fraction of sp³-hybridized carbons (Fsp3) is 0.750. The molecule has 1 unspecified atom stereocenters. The highest BCUT2D eigenvalue weighted by Gasteiger charge is 1.87. The van der Waals surface area contributed by atoms with Crippen molar-refractivity contribution in [1.82, 2.24) is 0 Å². The van der Waals surface area contributed by atoms with E-state index in [-0.39, 0.29) is 0 Å². The van der Waals surface area contributed by atoms with Crippen LogP contribution in [0.2, 0.25) is 0 Å². The van der Waals surface area contributed by atoms with Crippen LogP contribution in [0.4, 0.5) is 0 Å². The van der Waals surface area contributed by atoms with Crippen molar-refractivity contribution in [3.05, 3.63) is 12.2 Å². The number of rotatable bonds is 3. The fourth-order valence-corrected chi connectivity index (χ4v) is 0.437. The van der Waals surface area contributed by atoms with Crippen LogP contribution in [0.3, 0.4) is 0 Å². The van der Waals surface area contributed by atoms with Gasteiger partial charge in [-0.2, -0.15) is 0 Å². The molecule has 0 aromatic heterocycles. The summed E-state index contributed by atoms with van der Waals surface area (Å²) in [7, 11) is 0. The first-order chi connectivity index (χ1) is 3.81. The highest BCUT2D eigenvalue weighted by molar-refractivity contribution is 4.77. The van der Waals surface area contributed by atoms with E-state index in [4.69, 9.17) is 0 Å². The molecule has 0 aromatic carbocycles. The van der Waals surface area contributed by atoms with Gasteiger partial charge in [-0.25, -0.2) is 0 Å². The normalized spacial score (nSPS) is 14.9. The van der Waals surface area contributed by atoms with Crippen molar-refractivity contribution >= 4 is 0 Å². The molecule has 0 saturated carbocycles. The second-order valence-electron chi connectivity index (χ2n) is 2.11. The maximum atomic E-state index is 3.17. The predicted octanol–water partition coefficient (Wildman–Crippen LogP) is 2.80. The average molecular weight is 111 g/mol. The van der Waals surface area contributed by atoms with E-state index in [1.54, 1.807) is 0 Å². The van der Waals surface area contributed by atoms with Crippen LogP contribution in [0.15, 0.2) is 6.08 Å². The minimum Gasteiger partial charge on any atom is -0.0782 e. The zero-order chi connectivity index (χ0) is 6.41. The van der Waals surface area contributed by atoms with Gasteiger partial charge in [-0.15, -0.1) is 0 Å². The van der Waals surface area contributed by atoms with Gasteiger partial charge >= 0.3 is 0 Å². The van der Waals surface area contributed by atoms with Gasteiger partial charge in [-0.05, 0) is 18.4 Å². The molecule has 47 valence electrons. The Morgan fingerprint density at radius 1 is 1.50 bits per heavy atom. The minimum atomic E-state index is 0.718. The lowest BCUT2D eigenvalue weighted by molar-refractivity contribution is 0.693. The van der Waals surface area contributed by atoms with E-state index in [1.165, 1.54) is 6.42 Å². The summed E-state index contributed by atoms with van der Waals surface area (Å²) in [4.78, 5) is 0. The van der Waals surface area contributed by atoms with E-state index in [1.807, 2.05) is 0 Å². The molecule has 0 aromatic rings. The fourth-order valence-electron chi connectivity index (χ4n) is 0.437. The Hall–Kier alpha value is -0.260. The van der Waals surface area contributed by atoms with Gasteiger partial charge in [0.2, 0.25) is 0 Å². The summed E-state index contributed by atoms with van der Waals surface area (Å²) < 4.78 is 0. The SMILES string of the molecule is CC/[C]=C\C(C)CC. The summed E-state index contributed by atoms with van der Waals surface area (Å²) in [5, 5.41) is 0. The third-order valence-corrected chi connectivity index (χ3v) is 1.25. The second kappa shape index (κ2) is 4.89. The minimum absolute atomic E-state index is 0.718. The summed E-state index contributed by atoms with van der Waals surface area (Å²) in [6.45, 7) is 6.51. The van der Waals surface area contributed by atoms with E-state index >= 15 is 0 Å². The van der Waals surface area contributed by atoms with Gasteiger partial charge in [0.15, 0.2) is 0 Å². The van der Waals surface area contributed by atoms with Gasteiger partial charge < -0.3 is 0 Å². The lowest BCUT2D eigenvalue weighted by Crippen LogP contribution is -1.83. The first-order valence-electron chi connectivity index (χ1n) is 3.38. The van der Waals surface area contributed by atoms with Crippen LogP contribution in [-0.4, -0.2) is 0 Å².